The molecule has 1 saturated heterocycles. The van der Waals surface area contributed by atoms with Gasteiger partial charge in [0.25, 0.3) is 0 Å². The number of aromatic nitrogens is 2. The van der Waals surface area contributed by atoms with Crippen molar-refractivity contribution >= 4 is 10.9 Å². The van der Waals surface area contributed by atoms with E-state index in [0.717, 1.165) is 28.8 Å². The Morgan fingerprint density at radius 1 is 1.06 bits per heavy atom. The fourth-order valence-corrected chi connectivity index (χ4v) is 3.89. The summed E-state index contributed by atoms with van der Waals surface area (Å²) in [7, 11) is 0. The highest BCUT2D eigenvalue weighted by Gasteiger charge is 2.45. The number of rotatable bonds is 7. The summed E-state index contributed by atoms with van der Waals surface area (Å²) in [6.07, 6.45) is -5.51. The lowest BCUT2D eigenvalue weighted by Gasteiger charge is -2.38. The van der Waals surface area contributed by atoms with Crippen LogP contribution < -0.4 is 4.89 Å². The van der Waals surface area contributed by atoms with E-state index in [-0.39, 0.29) is 0 Å². The number of aliphatic hydroxyl groups is 4. The summed E-state index contributed by atoms with van der Waals surface area (Å²) in [6, 6.07) is 12.0. The third kappa shape index (κ3) is 4.49. The first-order valence-electron chi connectivity index (χ1n) is 10.6. The molecule has 1 aromatic heterocycles. The Morgan fingerprint density at radius 2 is 1.78 bits per heavy atom. The first-order valence-corrected chi connectivity index (χ1v) is 10.6. The minimum atomic E-state index is -1.59. The molecule has 5 atom stereocenters. The van der Waals surface area contributed by atoms with Crippen LogP contribution in [0, 0.1) is 6.92 Å². The second kappa shape index (κ2) is 9.53. The van der Waals surface area contributed by atoms with Crippen LogP contribution in [0.25, 0.3) is 10.9 Å². The predicted octanol–water partition coefficient (Wildman–Crippen LogP) is 1.13. The Labute approximate surface area is 185 Å². The molecule has 0 radical (unpaired) electrons. The maximum atomic E-state index is 10.3. The van der Waals surface area contributed by atoms with Gasteiger partial charge in [0.15, 0.2) is 18.1 Å². The van der Waals surface area contributed by atoms with E-state index >= 15 is 0 Å². The maximum absolute atomic E-state index is 10.3. The fourth-order valence-electron chi connectivity index (χ4n) is 3.89. The van der Waals surface area contributed by atoms with E-state index in [1.54, 1.807) is 6.07 Å². The minimum absolute atomic E-state index is 0.354. The largest absolute Gasteiger partial charge is 0.394 e. The van der Waals surface area contributed by atoms with E-state index < -0.39 is 37.3 Å². The van der Waals surface area contributed by atoms with Crippen LogP contribution in [-0.2, 0) is 22.5 Å². The van der Waals surface area contributed by atoms with Gasteiger partial charge >= 0.3 is 0 Å². The highest BCUT2D eigenvalue weighted by Crippen LogP contribution is 2.32. The van der Waals surface area contributed by atoms with E-state index in [1.165, 1.54) is 5.56 Å². The van der Waals surface area contributed by atoms with Crippen molar-refractivity contribution < 1.29 is 34.9 Å². The number of fused-ring (bicyclic) bond motifs is 1. The lowest BCUT2D eigenvalue weighted by atomic mass is 9.99. The molecule has 0 aliphatic carbocycles. The molecule has 5 N–H and O–H groups in total. The van der Waals surface area contributed by atoms with Crippen LogP contribution in [0.3, 0.4) is 0 Å². The first-order chi connectivity index (χ1) is 15.4. The highest BCUT2D eigenvalue weighted by atomic mass is 17.2. The van der Waals surface area contributed by atoms with Gasteiger partial charge in [-0.05, 0) is 42.2 Å². The predicted molar refractivity (Wildman–Crippen MR) is 115 cm³/mol. The Balaban J connectivity index is 1.57. The molecule has 4 rings (SSSR count). The molecule has 1 aliphatic heterocycles. The standard InChI is InChI=1S/C23H28N2O7/c1-3-13-4-6-14(7-5-13)10-16-19-15(24-25-16)8-12(2)9-17(19)31-32-22-21(28)20(27)18(11-26)30-23(22)29/h4-9,18,20-23,26-29H,3,10-11H2,1-2H3,(H,24,25)/t18-,20-,21+,22-,23-/m1/s1. The van der Waals surface area contributed by atoms with Crippen LogP contribution in [0.1, 0.15) is 29.3 Å². The summed E-state index contributed by atoms with van der Waals surface area (Å²) in [5, 5.41) is 47.8. The van der Waals surface area contributed by atoms with Crippen LogP contribution >= 0.6 is 0 Å². The van der Waals surface area contributed by atoms with E-state index in [9.17, 15) is 20.4 Å². The topological polar surface area (TPSA) is 137 Å². The third-order valence-corrected chi connectivity index (χ3v) is 5.74. The summed E-state index contributed by atoms with van der Waals surface area (Å²) in [4.78, 5) is 10.9. The monoisotopic (exact) mass is 444 g/mol. The van der Waals surface area contributed by atoms with E-state index in [4.69, 9.17) is 14.5 Å². The van der Waals surface area contributed by atoms with Crippen LogP contribution in [0.15, 0.2) is 36.4 Å². The second-order valence-electron chi connectivity index (χ2n) is 8.08. The van der Waals surface area contributed by atoms with Gasteiger partial charge in [-0.25, -0.2) is 0 Å². The Morgan fingerprint density at radius 3 is 2.47 bits per heavy atom. The van der Waals surface area contributed by atoms with Crippen LogP contribution in [0.2, 0.25) is 0 Å². The molecule has 1 aliphatic rings. The normalized spacial score (nSPS) is 25.9. The van der Waals surface area contributed by atoms with Gasteiger partial charge in [-0.1, -0.05) is 31.2 Å². The summed E-state index contributed by atoms with van der Waals surface area (Å²) in [5.74, 6) is 0.354. The zero-order valence-corrected chi connectivity index (χ0v) is 17.9. The summed E-state index contributed by atoms with van der Waals surface area (Å²) in [5.41, 5.74) is 4.74. The van der Waals surface area contributed by atoms with Crippen molar-refractivity contribution in [3.05, 3.63) is 58.8 Å². The Kier molecular flexibility index (Phi) is 6.75. The Bertz CT molecular complexity index is 1050. The van der Waals surface area contributed by atoms with Gasteiger partial charge in [-0.3, -0.25) is 5.10 Å². The average Bonchev–Trinajstić information content (AvgIpc) is 3.18. The van der Waals surface area contributed by atoms with Crippen molar-refractivity contribution in [1.82, 2.24) is 10.2 Å². The SMILES string of the molecule is CCc1ccc(Cc2n[nH]c3cc(C)cc(OO[C@@H]4[C@@H](O)[C@H](O)[C@@H](CO)O[C@H]4O)c23)cc1. The quantitative estimate of drug-likeness (QED) is 0.270. The van der Waals surface area contributed by atoms with Crippen molar-refractivity contribution in [3.8, 4) is 5.75 Å². The van der Waals surface area contributed by atoms with Gasteiger partial charge in [0.05, 0.1) is 23.2 Å². The van der Waals surface area contributed by atoms with Crippen molar-refractivity contribution in [2.75, 3.05) is 6.61 Å². The van der Waals surface area contributed by atoms with Crippen molar-refractivity contribution in [3.63, 3.8) is 0 Å². The number of nitrogens with zero attached hydrogens (tertiary/aromatic N) is 1. The molecule has 0 amide bonds. The molecule has 3 aromatic rings. The summed E-state index contributed by atoms with van der Waals surface area (Å²) >= 11 is 0. The third-order valence-electron chi connectivity index (χ3n) is 5.74. The number of aliphatic hydroxyl groups excluding tert-OH is 4. The van der Waals surface area contributed by atoms with Crippen LogP contribution in [0.5, 0.6) is 5.75 Å². The molecule has 1 fully saturated rings. The van der Waals surface area contributed by atoms with Crippen molar-refractivity contribution in [2.45, 2.75) is 57.4 Å². The number of ether oxygens (including phenoxy) is 1. The molecule has 172 valence electrons. The summed E-state index contributed by atoms with van der Waals surface area (Å²) < 4.78 is 5.11. The van der Waals surface area contributed by atoms with Gasteiger partial charge in [0, 0.05) is 6.42 Å². The number of hydrogen-bond acceptors (Lipinski definition) is 8. The molecule has 0 spiro atoms. The van der Waals surface area contributed by atoms with Crippen molar-refractivity contribution in [2.24, 2.45) is 0 Å². The molecule has 2 heterocycles. The Hall–Kier alpha value is -2.53. The molecule has 0 bridgehead atoms. The molecule has 2 aromatic carbocycles. The van der Waals surface area contributed by atoms with Gasteiger partial charge in [0.2, 0.25) is 0 Å². The zero-order chi connectivity index (χ0) is 22.8. The van der Waals surface area contributed by atoms with E-state index in [0.29, 0.717) is 17.6 Å². The number of hydrogen-bond donors (Lipinski definition) is 5. The van der Waals surface area contributed by atoms with Crippen LogP contribution in [-0.4, -0.2) is 67.9 Å². The second-order valence-corrected chi connectivity index (χ2v) is 8.08. The number of aryl methyl sites for hydroxylation is 2. The maximum Gasteiger partial charge on any atom is 0.188 e. The molecule has 9 heteroatoms. The molecular formula is C23H28N2O7. The van der Waals surface area contributed by atoms with Gasteiger partial charge in [0.1, 0.15) is 18.3 Å². The lowest BCUT2D eigenvalue weighted by Crippen LogP contribution is -2.59. The van der Waals surface area contributed by atoms with E-state index in [1.807, 2.05) is 13.0 Å². The van der Waals surface area contributed by atoms with Gasteiger partial charge in [-0.15, -0.1) is 0 Å². The van der Waals surface area contributed by atoms with E-state index in [2.05, 4.69) is 41.4 Å². The molecule has 9 nitrogen and oxygen atoms in total. The molecule has 0 saturated carbocycles. The molecular weight excluding hydrogens is 416 g/mol. The lowest BCUT2D eigenvalue weighted by molar-refractivity contribution is -0.364. The summed E-state index contributed by atoms with van der Waals surface area (Å²) in [6.45, 7) is 3.44. The minimum Gasteiger partial charge on any atom is -0.394 e. The first kappa shape index (κ1) is 22.7. The number of aromatic amines is 1. The zero-order valence-electron chi connectivity index (χ0n) is 17.9. The number of nitrogens with one attached hydrogen (secondary N) is 1. The number of benzene rings is 2. The van der Waals surface area contributed by atoms with Gasteiger partial charge in [-0.2, -0.15) is 9.99 Å². The molecule has 0 unspecified atom stereocenters. The molecule has 32 heavy (non-hydrogen) atoms. The van der Waals surface area contributed by atoms with Crippen LogP contribution in [0.4, 0.5) is 0 Å². The van der Waals surface area contributed by atoms with Crippen molar-refractivity contribution in [1.29, 1.82) is 0 Å². The highest BCUT2D eigenvalue weighted by molar-refractivity contribution is 5.88. The van der Waals surface area contributed by atoms with Gasteiger partial charge < -0.3 is 30.1 Å². The number of H-pyrrole nitrogens is 1. The average molecular weight is 444 g/mol. The fraction of sp³-hybridized carbons (Fsp3) is 0.435. The smallest absolute Gasteiger partial charge is 0.188 e.